The number of fused-ring (bicyclic) bond motifs is 1. The van der Waals surface area contributed by atoms with Gasteiger partial charge in [-0.25, -0.2) is 0 Å². The van der Waals surface area contributed by atoms with E-state index in [1.165, 1.54) is 0 Å². The molecule has 1 aromatic carbocycles. The lowest BCUT2D eigenvalue weighted by Gasteiger charge is -2.36. The first-order valence-electron chi connectivity index (χ1n) is 6.20. The third kappa shape index (κ3) is 2.22. The Morgan fingerprint density at radius 3 is 2.61 bits per heavy atom. The summed E-state index contributed by atoms with van der Waals surface area (Å²) in [6.45, 7) is 9.21. The number of anilines is 2. The van der Waals surface area contributed by atoms with Crippen molar-refractivity contribution in [3.8, 4) is 5.75 Å². The van der Waals surface area contributed by atoms with E-state index < -0.39 is 7.14 Å². The molecule has 0 amide bonds. The molecule has 0 spiro atoms. The molecule has 2 N–H and O–H groups in total. The van der Waals surface area contributed by atoms with Gasteiger partial charge in [0.25, 0.3) is 0 Å². The summed E-state index contributed by atoms with van der Waals surface area (Å²) >= 11 is 0. The standard InChI is InChI=1S/C13H21N2O2P/c1-9(2)15-7-8-17-12-11(15)6-5-10(14)13(12)18(3,4)16/h5-6,9H,7-8,14H2,1-4H3. The summed E-state index contributed by atoms with van der Waals surface area (Å²) in [5, 5.41) is 0.686. The van der Waals surface area contributed by atoms with Crippen molar-refractivity contribution < 1.29 is 9.30 Å². The third-order valence-electron chi connectivity index (χ3n) is 3.19. The predicted octanol–water partition coefficient (Wildman–Crippen LogP) is 2.12. The van der Waals surface area contributed by atoms with E-state index in [0.29, 0.717) is 29.4 Å². The Kier molecular flexibility index (Phi) is 3.33. The normalized spacial score (nSPS) is 15.5. The largest absolute Gasteiger partial charge is 0.489 e. The van der Waals surface area contributed by atoms with Crippen LogP contribution < -0.4 is 20.7 Å². The number of rotatable bonds is 2. The first-order chi connectivity index (χ1) is 8.32. The van der Waals surface area contributed by atoms with Crippen LogP contribution in [0.25, 0.3) is 0 Å². The molecule has 0 bridgehead atoms. The number of ether oxygens (including phenoxy) is 1. The number of hydrogen-bond acceptors (Lipinski definition) is 4. The van der Waals surface area contributed by atoms with E-state index in [9.17, 15) is 4.57 Å². The molecule has 0 aromatic heterocycles. The Hall–Kier alpha value is -1.15. The second kappa shape index (κ2) is 4.51. The van der Waals surface area contributed by atoms with E-state index in [0.717, 1.165) is 12.2 Å². The smallest absolute Gasteiger partial charge is 0.155 e. The fourth-order valence-corrected chi connectivity index (χ4v) is 3.77. The van der Waals surface area contributed by atoms with E-state index in [-0.39, 0.29) is 0 Å². The minimum Gasteiger partial charge on any atom is -0.489 e. The highest BCUT2D eigenvalue weighted by molar-refractivity contribution is 7.70. The van der Waals surface area contributed by atoms with Crippen LogP contribution in [-0.4, -0.2) is 32.5 Å². The van der Waals surface area contributed by atoms with Crippen molar-refractivity contribution in [2.24, 2.45) is 0 Å². The van der Waals surface area contributed by atoms with E-state index in [2.05, 4.69) is 18.7 Å². The van der Waals surface area contributed by atoms with Crippen molar-refractivity contribution in [1.82, 2.24) is 0 Å². The Bertz CT molecular complexity index is 508. The van der Waals surface area contributed by atoms with Gasteiger partial charge in [0.1, 0.15) is 13.7 Å². The van der Waals surface area contributed by atoms with Gasteiger partial charge >= 0.3 is 0 Å². The van der Waals surface area contributed by atoms with Crippen molar-refractivity contribution in [3.05, 3.63) is 12.1 Å². The average Bonchev–Trinajstić information content (AvgIpc) is 2.25. The molecule has 0 fully saturated rings. The Morgan fingerprint density at radius 2 is 2.06 bits per heavy atom. The van der Waals surface area contributed by atoms with Gasteiger partial charge in [-0.05, 0) is 39.3 Å². The Balaban J connectivity index is 2.64. The monoisotopic (exact) mass is 268 g/mol. The van der Waals surface area contributed by atoms with Gasteiger partial charge < -0.3 is 19.9 Å². The van der Waals surface area contributed by atoms with E-state index in [1.807, 2.05) is 12.1 Å². The molecule has 18 heavy (non-hydrogen) atoms. The maximum Gasteiger partial charge on any atom is 0.155 e. The van der Waals surface area contributed by atoms with Gasteiger partial charge in [-0.2, -0.15) is 0 Å². The predicted molar refractivity (Wildman–Crippen MR) is 77.9 cm³/mol. The molecular formula is C13H21N2O2P. The number of nitrogens with two attached hydrogens (primary N) is 1. The molecule has 100 valence electrons. The SMILES string of the molecule is CC(C)N1CCOc2c1ccc(N)c2P(C)(C)=O. The highest BCUT2D eigenvalue weighted by Gasteiger charge is 2.29. The minimum atomic E-state index is -2.45. The maximum absolute atomic E-state index is 12.4. The summed E-state index contributed by atoms with van der Waals surface area (Å²) in [5.74, 6) is 0.711. The maximum atomic E-state index is 12.4. The van der Waals surface area contributed by atoms with Gasteiger partial charge in [-0.15, -0.1) is 0 Å². The van der Waals surface area contributed by atoms with Crippen LogP contribution in [0, 0.1) is 0 Å². The molecule has 0 aliphatic carbocycles. The molecule has 0 saturated heterocycles. The van der Waals surface area contributed by atoms with E-state index in [1.54, 1.807) is 13.3 Å². The van der Waals surface area contributed by atoms with Crippen molar-refractivity contribution in [2.75, 3.05) is 37.1 Å². The summed E-state index contributed by atoms with van der Waals surface area (Å²) in [5.41, 5.74) is 7.55. The molecule has 0 atom stereocenters. The van der Waals surface area contributed by atoms with Crippen LogP contribution in [-0.2, 0) is 4.57 Å². The van der Waals surface area contributed by atoms with Crippen LogP contribution in [0.5, 0.6) is 5.75 Å². The quantitative estimate of drug-likeness (QED) is 0.659. The zero-order chi connectivity index (χ0) is 13.5. The summed E-state index contributed by atoms with van der Waals surface area (Å²) < 4.78 is 18.2. The second-order valence-corrected chi connectivity index (χ2v) is 8.49. The molecule has 5 heteroatoms. The van der Waals surface area contributed by atoms with Crippen molar-refractivity contribution in [2.45, 2.75) is 19.9 Å². The molecule has 2 rings (SSSR count). The van der Waals surface area contributed by atoms with Crippen molar-refractivity contribution in [1.29, 1.82) is 0 Å². The zero-order valence-corrected chi connectivity index (χ0v) is 12.3. The fraction of sp³-hybridized carbons (Fsp3) is 0.538. The Morgan fingerprint density at radius 1 is 1.39 bits per heavy atom. The van der Waals surface area contributed by atoms with Gasteiger partial charge in [0.05, 0.1) is 17.5 Å². The van der Waals surface area contributed by atoms with Crippen LogP contribution in [0.15, 0.2) is 12.1 Å². The summed E-state index contributed by atoms with van der Waals surface area (Å²) in [7, 11) is -2.45. The van der Waals surface area contributed by atoms with Gasteiger partial charge in [0.15, 0.2) is 5.75 Å². The molecule has 1 heterocycles. The molecule has 1 aliphatic heterocycles. The molecular weight excluding hydrogens is 247 g/mol. The van der Waals surface area contributed by atoms with E-state index >= 15 is 0 Å². The van der Waals surface area contributed by atoms with E-state index in [4.69, 9.17) is 10.5 Å². The molecule has 0 radical (unpaired) electrons. The summed E-state index contributed by atoms with van der Waals surface area (Å²) in [4.78, 5) is 2.26. The van der Waals surface area contributed by atoms with Crippen LogP contribution in [0.3, 0.4) is 0 Å². The lowest BCUT2D eigenvalue weighted by molar-refractivity contribution is 0.305. The topological polar surface area (TPSA) is 55.6 Å². The first-order valence-corrected chi connectivity index (χ1v) is 8.80. The third-order valence-corrected chi connectivity index (χ3v) is 4.73. The highest BCUT2D eigenvalue weighted by atomic mass is 31.2. The summed E-state index contributed by atoms with van der Waals surface area (Å²) in [6.07, 6.45) is 0. The number of benzene rings is 1. The van der Waals surface area contributed by atoms with Crippen LogP contribution in [0.1, 0.15) is 13.8 Å². The molecule has 0 unspecified atom stereocenters. The summed E-state index contributed by atoms with van der Waals surface area (Å²) in [6, 6.07) is 4.18. The first kappa shape index (κ1) is 13.3. The van der Waals surface area contributed by atoms with Gasteiger partial charge in [0, 0.05) is 11.7 Å². The lowest BCUT2D eigenvalue weighted by Crippen LogP contribution is -2.39. The van der Waals surface area contributed by atoms with Crippen molar-refractivity contribution >= 4 is 23.8 Å². The van der Waals surface area contributed by atoms with Crippen LogP contribution >= 0.6 is 7.14 Å². The molecule has 0 saturated carbocycles. The molecule has 4 nitrogen and oxygen atoms in total. The Labute approximate surface area is 108 Å². The highest BCUT2D eigenvalue weighted by Crippen LogP contribution is 2.45. The minimum absolute atomic E-state index is 0.386. The number of nitrogen functional groups attached to an aromatic ring is 1. The van der Waals surface area contributed by atoms with Crippen LogP contribution in [0.4, 0.5) is 11.4 Å². The van der Waals surface area contributed by atoms with Gasteiger partial charge in [0.2, 0.25) is 0 Å². The van der Waals surface area contributed by atoms with Gasteiger partial charge in [-0.1, -0.05) is 0 Å². The molecule has 1 aromatic rings. The average molecular weight is 268 g/mol. The van der Waals surface area contributed by atoms with Crippen molar-refractivity contribution in [3.63, 3.8) is 0 Å². The second-order valence-electron chi connectivity index (χ2n) is 5.34. The number of nitrogens with zero attached hydrogens (tertiary/aromatic N) is 1. The van der Waals surface area contributed by atoms with Gasteiger partial charge in [-0.3, -0.25) is 0 Å². The number of hydrogen-bond donors (Lipinski definition) is 1. The van der Waals surface area contributed by atoms with Crippen LogP contribution in [0.2, 0.25) is 0 Å². The fourth-order valence-electron chi connectivity index (χ4n) is 2.40. The zero-order valence-electron chi connectivity index (χ0n) is 11.4. The lowest BCUT2D eigenvalue weighted by atomic mass is 10.2. The molecule has 1 aliphatic rings.